The molecule has 1 atom stereocenters. The van der Waals surface area contributed by atoms with Crippen molar-refractivity contribution in [1.82, 2.24) is 4.98 Å². The van der Waals surface area contributed by atoms with E-state index in [1.54, 1.807) is 0 Å². The maximum absolute atomic E-state index is 11.5. The molecule has 1 aromatic rings. The number of esters is 1. The second-order valence-electron chi connectivity index (χ2n) is 4.03. The molecule has 2 heterocycles. The quantitative estimate of drug-likeness (QED) is 0.766. The van der Waals surface area contributed by atoms with Gasteiger partial charge in [0, 0.05) is 13.7 Å². The lowest BCUT2D eigenvalue weighted by molar-refractivity contribution is 0.0605. The summed E-state index contributed by atoms with van der Waals surface area (Å²) in [5.41, 5.74) is 0.725. The topological polar surface area (TPSA) is 51.7 Å². The lowest BCUT2D eigenvalue weighted by atomic mass is 10.2. The highest BCUT2D eigenvalue weighted by atomic mass is 32.1. The van der Waals surface area contributed by atoms with Gasteiger partial charge < -0.3 is 14.4 Å². The molecule has 6 heteroatoms. The molecule has 2 rings (SSSR count). The number of ether oxygens (including phenoxy) is 2. The van der Waals surface area contributed by atoms with Gasteiger partial charge in [-0.15, -0.1) is 0 Å². The predicted octanol–water partition coefficient (Wildman–Crippen LogP) is 1.46. The van der Waals surface area contributed by atoms with Crippen LogP contribution in [0, 0.1) is 6.92 Å². The zero-order valence-electron chi connectivity index (χ0n) is 10.2. The molecule has 5 nitrogen and oxygen atoms in total. The van der Waals surface area contributed by atoms with Crippen molar-refractivity contribution in [2.45, 2.75) is 19.4 Å². The van der Waals surface area contributed by atoms with Gasteiger partial charge >= 0.3 is 5.97 Å². The molecular formula is C11H16N2O3S. The van der Waals surface area contributed by atoms with Gasteiger partial charge in [-0.05, 0) is 13.3 Å². The Morgan fingerprint density at radius 1 is 1.65 bits per heavy atom. The largest absolute Gasteiger partial charge is 0.465 e. The van der Waals surface area contributed by atoms with Crippen molar-refractivity contribution in [3.05, 3.63) is 10.6 Å². The minimum atomic E-state index is -0.317. The molecule has 0 amide bonds. The fourth-order valence-corrected chi connectivity index (χ4v) is 2.82. The summed E-state index contributed by atoms with van der Waals surface area (Å²) in [4.78, 5) is 18.6. The van der Waals surface area contributed by atoms with Crippen molar-refractivity contribution in [2.75, 3.05) is 32.3 Å². The van der Waals surface area contributed by atoms with Gasteiger partial charge in [0.2, 0.25) is 0 Å². The monoisotopic (exact) mass is 256 g/mol. The number of nitrogens with zero attached hydrogens (tertiary/aromatic N) is 2. The molecule has 1 aromatic heterocycles. The van der Waals surface area contributed by atoms with Gasteiger partial charge in [-0.2, -0.15) is 0 Å². The van der Waals surface area contributed by atoms with Crippen molar-refractivity contribution in [1.29, 1.82) is 0 Å². The maximum atomic E-state index is 11.5. The highest BCUT2D eigenvalue weighted by Gasteiger charge is 2.24. The van der Waals surface area contributed by atoms with Gasteiger partial charge in [0.1, 0.15) is 4.88 Å². The van der Waals surface area contributed by atoms with E-state index in [9.17, 15) is 4.79 Å². The molecule has 1 fully saturated rings. The predicted molar refractivity (Wildman–Crippen MR) is 65.8 cm³/mol. The number of rotatable bonds is 3. The molecule has 1 aliphatic rings. The zero-order chi connectivity index (χ0) is 12.4. The van der Waals surface area contributed by atoms with Gasteiger partial charge in [0.25, 0.3) is 0 Å². The molecule has 0 N–H and O–H groups in total. The summed E-state index contributed by atoms with van der Waals surface area (Å²) >= 11 is 1.37. The molecule has 0 spiro atoms. The number of aryl methyl sites for hydroxylation is 1. The van der Waals surface area contributed by atoms with Crippen molar-refractivity contribution in [2.24, 2.45) is 0 Å². The smallest absolute Gasteiger partial charge is 0.350 e. The van der Waals surface area contributed by atoms with E-state index in [1.807, 2.05) is 14.0 Å². The van der Waals surface area contributed by atoms with Crippen molar-refractivity contribution < 1.29 is 14.3 Å². The number of carbonyl (C=O) groups excluding carboxylic acids is 1. The van der Waals surface area contributed by atoms with Crippen molar-refractivity contribution in [3.63, 3.8) is 0 Å². The standard InChI is InChI=1S/C11H16N2O3S/c1-7-9(10(14)15-3)17-11(12-7)13(2)8-4-5-16-6-8/h8H,4-6H2,1-3H3. The van der Waals surface area contributed by atoms with Gasteiger partial charge in [-0.3, -0.25) is 0 Å². The average molecular weight is 256 g/mol. The Hall–Kier alpha value is -1.14. The number of thiazole rings is 1. The van der Waals surface area contributed by atoms with Gasteiger partial charge in [-0.1, -0.05) is 11.3 Å². The normalized spacial score (nSPS) is 19.4. The van der Waals surface area contributed by atoms with Gasteiger partial charge in [0.15, 0.2) is 5.13 Å². The molecule has 0 aliphatic carbocycles. The molecule has 0 radical (unpaired) electrons. The summed E-state index contributed by atoms with van der Waals surface area (Å²) in [7, 11) is 3.37. The first kappa shape index (κ1) is 12.3. The molecule has 94 valence electrons. The number of hydrogen-bond acceptors (Lipinski definition) is 6. The van der Waals surface area contributed by atoms with Crippen molar-refractivity contribution >= 4 is 22.4 Å². The molecule has 0 bridgehead atoms. The van der Waals surface area contributed by atoms with Crippen LogP contribution in [0.2, 0.25) is 0 Å². The van der Waals surface area contributed by atoms with Crippen LogP contribution in [0.5, 0.6) is 0 Å². The van der Waals surface area contributed by atoms with E-state index in [2.05, 4.69) is 9.88 Å². The third-order valence-corrected chi connectivity index (χ3v) is 4.14. The number of methoxy groups -OCH3 is 1. The number of likely N-dealkylation sites (N-methyl/N-ethyl adjacent to an activating group) is 1. The highest BCUT2D eigenvalue weighted by Crippen LogP contribution is 2.28. The van der Waals surface area contributed by atoms with Crippen LogP contribution < -0.4 is 4.90 Å². The Labute approximate surface area is 104 Å². The molecule has 0 saturated carbocycles. The summed E-state index contributed by atoms with van der Waals surface area (Å²) in [6.07, 6.45) is 1.00. The summed E-state index contributed by atoms with van der Waals surface area (Å²) in [5.74, 6) is -0.317. The molecular weight excluding hydrogens is 240 g/mol. The second-order valence-corrected chi connectivity index (χ2v) is 5.01. The Bertz CT molecular complexity index is 413. The Morgan fingerprint density at radius 2 is 2.41 bits per heavy atom. The average Bonchev–Trinajstić information content (AvgIpc) is 2.96. The Kier molecular flexibility index (Phi) is 3.63. The van der Waals surface area contributed by atoms with E-state index in [0.717, 1.165) is 30.5 Å². The van der Waals surface area contributed by atoms with Crippen LogP contribution >= 0.6 is 11.3 Å². The van der Waals surface area contributed by atoms with Crippen LogP contribution in [0.15, 0.2) is 0 Å². The van der Waals surface area contributed by atoms with Crippen LogP contribution in [0.1, 0.15) is 21.8 Å². The SMILES string of the molecule is COC(=O)c1sc(N(C)C2CCOC2)nc1C. The van der Waals surface area contributed by atoms with E-state index < -0.39 is 0 Å². The Balaban J connectivity index is 2.18. The fraction of sp³-hybridized carbons (Fsp3) is 0.636. The Morgan fingerprint density at radius 3 is 3.00 bits per heavy atom. The highest BCUT2D eigenvalue weighted by molar-refractivity contribution is 7.17. The summed E-state index contributed by atoms with van der Waals surface area (Å²) in [6.45, 7) is 3.34. The maximum Gasteiger partial charge on any atom is 0.350 e. The zero-order valence-corrected chi connectivity index (χ0v) is 11.0. The molecule has 1 unspecified atom stereocenters. The first-order valence-corrected chi connectivity index (χ1v) is 6.31. The molecule has 1 saturated heterocycles. The van der Waals surface area contributed by atoms with E-state index in [-0.39, 0.29) is 5.97 Å². The number of hydrogen-bond donors (Lipinski definition) is 0. The van der Waals surface area contributed by atoms with Crippen molar-refractivity contribution in [3.8, 4) is 0 Å². The van der Waals surface area contributed by atoms with E-state index in [0.29, 0.717) is 10.9 Å². The van der Waals surface area contributed by atoms with Crippen LogP contribution in [0.3, 0.4) is 0 Å². The number of anilines is 1. The first-order chi connectivity index (χ1) is 8.13. The van der Waals surface area contributed by atoms with Crippen LogP contribution in [0.4, 0.5) is 5.13 Å². The third kappa shape index (κ3) is 2.42. The minimum Gasteiger partial charge on any atom is -0.465 e. The summed E-state index contributed by atoms with van der Waals surface area (Å²) in [5, 5.41) is 0.846. The lowest BCUT2D eigenvalue weighted by Gasteiger charge is -2.21. The van der Waals surface area contributed by atoms with E-state index in [4.69, 9.17) is 9.47 Å². The lowest BCUT2D eigenvalue weighted by Crippen LogP contribution is -2.31. The van der Waals surface area contributed by atoms with Gasteiger partial charge in [0.05, 0.1) is 25.5 Å². The molecule has 17 heavy (non-hydrogen) atoms. The van der Waals surface area contributed by atoms with E-state index >= 15 is 0 Å². The van der Waals surface area contributed by atoms with Gasteiger partial charge in [-0.25, -0.2) is 9.78 Å². The summed E-state index contributed by atoms with van der Waals surface area (Å²) in [6, 6.07) is 0.353. The first-order valence-electron chi connectivity index (χ1n) is 5.49. The molecule has 0 aromatic carbocycles. The number of aromatic nitrogens is 1. The summed E-state index contributed by atoms with van der Waals surface area (Å²) < 4.78 is 10.1. The fourth-order valence-electron chi connectivity index (χ4n) is 1.80. The molecule has 1 aliphatic heterocycles. The number of carbonyl (C=O) groups is 1. The minimum absolute atomic E-state index is 0.317. The van der Waals surface area contributed by atoms with Crippen LogP contribution in [-0.4, -0.2) is 44.4 Å². The van der Waals surface area contributed by atoms with E-state index in [1.165, 1.54) is 18.4 Å². The van der Waals surface area contributed by atoms with Crippen LogP contribution in [0.25, 0.3) is 0 Å². The van der Waals surface area contributed by atoms with Crippen LogP contribution in [-0.2, 0) is 9.47 Å². The third-order valence-electron chi connectivity index (χ3n) is 2.91. The second kappa shape index (κ2) is 5.01.